The number of nitrogens with one attached hydrogen (secondary N) is 2. The van der Waals surface area contributed by atoms with E-state index in [9.17, 15) is 0 Å². The molecule has 1 saturated carbocycles. The van der Waals surface area contributed by atoms with E-state index >= 15 is 0 Å². The van der Waals surface area contributed by atoms with Gasteiger partial charge in [0, 0.05) is 23.7 Å². The molecule has 1 heterocycles. The second kappa shape index (κ2) is 10.9. The Bertz CT molecular complexity index is 678. The number of halogens is 1. The molecule has 0 radical (unpaired) electrons. The van der Waals surface area contributed by atoms with E-state index in [0.29, 0.717) is 18.5 Å². The molecule has 0 saturated heterocycles. The summed E-state index contributed by atoms with van der Waals surface area (Å²) in [6, 6.07) is 11.4. The van der Waals surface area contributed by atoms with Crippen LogP contribution >= 0.6 is 35.3 Å². The number of benzene rings is 1. The van der Waals surface area contributed by atoms with Gasteiger partial charge in [-0.15, -0.1) is 35.3 Å². The predicted octanol–water partition coefficient (Wildman–Crippen LogP) is 4.85. The molecule has 1 aliphatic rings. The molecule has 26 heavy (non-hydrogen) atoms. The molecule has 0 unspecified atom stereocenters. The largest absolute Gasteiger partial charge is 0.357 e. The minimum absolute atomic E-state index is 0. The number of guanidine groups is 1. The summed E-state index contributed by atoms with van der Waals surface area (Å²) in [4.78, 5) is 10.3. The van der Waals surface area contributed by atoms with E-state index < -0.39 is 0 Å². The third-order valence-electron chi connectivity index (χ3n) is 4.72. The number of hydrogen-bond acceptors (Lipinski definition) is 3. The second-order valence-corrected chi connectivity index (χ2v) is 7.98. The standard InChI is InChI=1S/C20H28N4S.HI/c1-3-21-20(23-14-19-22-13-15(2)25-19)24-18-11-9-17(10-12-18)16-7-5-4-6-8-16;/h4-8,13,17-18H,3,9-12,14H2,1-2H3,(H2,21,23,24);1H. The molecule has 1 fully saturated rings. The first-order valence-corrected chi connectivity index (χ1v) is 10.1. The first-order chi connectivity index (χ1) is 12.2. The highest BCUT2D eigenvalue weighted by Gasteiger charge is 2.22. The first-order valence-electron chi connectivity index (χ1n) is 9.25. The van der Waals surface area contributed by atoms with Crippen molar-refractivity contribution in [3.8, 4) is 0 Å². The van der Waals surface area contributed by atoms with Gasteiger partial charge in [-0.05, 0) is 51.0 Å². The van der Waals surface area contributed by atoms with Gasteiger partial charge < -0.3 is 10.6 Å². The van der Waals surface area contributed by atoms with Crippen molar-refractivity contribution in [1.82, 2.24) is 15.6 Å². The number of hydrogen-bond donors (Lipinski definition) is 2. The lowest BCUT2D eigenvalue weighted by atomic mass is 9.82. The summed E-state index contributed by atoms with van der Waals surface area (Å²) < 4.78 is 0. The molecule has 6 heteroatoms. The van der Waals surface area contributed by atoms with Gasteiger partial charge in [0.1, 0.15) is 5.01 Å². The number of thiazole rings is 1. The molecule has 0 amide bonds. The molecule has 1 aromatic heterocycles. The fourth-order valence-electron chi connectivity index (χ4n) is 3.43. The Labute approximate surface area is 177 Å². The van der Waals surface area contributed by atoms with Crippen molar-refractivity contribution in [2.24, 2.45) is 4.99 Å². The van der Waals surface area contributed by atoms with E-state index in [4.69, 9.17) is 4.99 Å². The fourth-order valence-corrected chi connectivity index (χ4v) is 4.14. The number of aliphatic imine (C=N–C) groups is 1. The SMILES string of the molecule is CCNC(=NCc1ncc(C)s1)NC1CCC(c2ccccc2)CC1.I. The highest BCUT2D eigenvalue weighted by Crippen LogP contribution is 2.32. The molecular weight excluding hydrogens is 455 g/mol. The molecule has 4 nitrogen and oxygen atoms in total. The average molecular weight is 484 g/mol. The van der Waals surface area contributed by atoms with Crippen molar-refractivity contribution < 1.29 is 0 Å². The quantitative estimate of drug-likeness (QED) is 0.363. The van der Waals surface area contributed by atoms with Crippen molar-refractivity contribution in [3.63, 3.8) is 0 Å². The zero-order valence-corrected chi connectivity index (χ0v) is 18.7. The van der Waals surface area contributed by atoms with E-state index in [0.717, 1.165) is 17.5 Å². The van der Waals surface area contributed by atoms with Crippen LogP contribution < -0.4 is 10.6 Å². The Morgan fingerprint density at radius 2 is 1.92 bits per heavy atom. The van der Waals surface area contributed by atoms with Crippen LogP contribution in [0.4, 0.5) is 0 Å². The number of rotatable bonds is 5. The Morgan fingerprint density at radius 3 is 2.54 bits per heavy atom. The Balaban J connectivity index is 0.00000243. The van der Waals surface area contributed by atoms with Crippen molar-refractivity contribution in [2.75, 3.05) is 6.54 Å². The van der Waals surface area contributed by atoms with Gasteiger partial charge in [0.05, 0.1) is 6.54 Å². The van der Waals surface area contributed by atoms with Crippen LogP contribution in [-0.4, -0.2) is 23.5 Å². The van der Waals surface area contributed by atoms with Gasteiger partial charge in [-0.25, -0.2) is 9.98 Å². The molecule has 142 valence electrons. The van der Waals surface area contributed by atoms with E-state index in [1.165, 1.54) is 36.1 Å². The van der Waals surface area contributed by atoms with Gasteiger partial charge in [0.25, 0.3) is 0 Å². The van der Waals surface area contributed by atoms with Crippen molar-refractivity contribution in [1.29, 1.82) is 0 Å². The van der Waals surface area contributed by atoms with E-state index in [2.05, 4.69) is 59.8 Å². The molecule has 1 aliphatic carbocycles. The molecule has 0 atom stereocenters. The van der Waals surface area contributed by atoms with Crippen LogP contribution in [0.2, 0.25) is 0 Å². The molecule has 3 rings (SSSR count). The lowest BCUT2D eigenvalue weighted by Crippen LogP contribution is -2.44. The molecule has 2 N–H and O–H groups in total. The van der Waals surface area contributed by atoms with E-state index in [1.807, 2.05) is 6.20 Å². The topological polar surface area (TPSA) is 49.3 Å². The fraction of sp³-hybridized carbons (Fsp3) is 0.500. The Morgan fingerprint density at radius 1 is 1.19 bits per heavy atom. The molecule has 1 aromatic carbocycles. The van der Waals surface area contributed by atoms with Crippen molar-refractivity contribution in [3.05, 3.63) is 52.0 Å². The lowest BCUT2D eigenvalue weighted by molar-refractivity contribution is 0.371. The van der Waals surface area contributed by atoms with Gasteiger partial charge in [0.2, 0.25) is 0 Å². The number of aromatic nitrogens is 1. The molecule has 2 aromatic rings. The van der Waals surface area contributed by atoms with Crippen LogP contribution in [0.15, 0.2) is 41.5 Å². The van der Waals surface area contributed by atoms with Crippen molar-refractivity contribution in [2.45, 2.75) is 58.0 Å². The molecule has 0 bridgehead atoms. The Hall–Kier alpha value is -1.15. The zero-order chi connectivity index (χ0) is 17.5. The summed E-state index contributed by atoms with van der Waals surface area (Å²) in [5.74, 6) is 1.62. The summed E-state index contributed by atoms with van der Waals surface area (Å²) in [6.45, 7) is 5.71. The maximum absolute atomic E-state index is 4.71. The van der Waals surface area contributed by atoms with Crippen LogP contribution in [0.1, 0.15) is 54.0 Å². The summed E-state index contributed by atoms with van der Waals surface area (Å²) in [7, 11) is 0. The third-order valence-corrected chi connectivity index (χ3v) is 5.62. The smallest absolute Gasteiger partial charge is 0.191 e. The van der Waals surface area contributed by atoms with Crippen LogP contribution in [0.25, 0.3) is 0 Å². The maximum atomic E-state index is 4.71. The van der Waals surface area contributed by atoms with Crippen LogP contribution in [-0.2, 0) is 6.54 Å². The van der Waals surface area contributed by atoms with Gasteiger partial charge in [-0.1, -0.05) is 30.3 Å². The van der Waals surface area contributed by atoms with Gasteiger partial charge in [-0.3, -0.25) is 0 Å². The summed E-state index contributed by atoms with van der Waals surface area (Å²) in [5, 5.41) is 8.06. The van der Waals surface area contributed by atoms with Crippen LogP contribution in [0.5, 0.6) is 0 Å². The second-order valence-electron chi connectivity index (χ2n) is 6.66. The number of nitrogens with zero attached hydrogens (tertiary/aromatic N) is 2. The number of aryl methyl sites for hydroxylation is 1. The Kier molecular flexibility index (Phi) is 8.84. The van der Waals surface area contributed by atoms with Crippen LogP contribution in [0.3, 0.4) is 0 Å². The highest BCUT2D eigenvalue weighted by molar-refractivity contribution is 14.0. The zero-order valence-electron chi connectivity index (χ0n) is 15.6. The van der Waals surface area contributed by atoms with E-state index in [-0.39, 0.29) is 24.0 Å². The van der Waals surface area contributed by atoms with Gasteiger partial charge in [0.15, 0.2) is 5.96 Å². The maximum Gasteiger partial charge on any atom is 0.191 e. The van der Waals surface area contributed by atoms with Gasteiger partial charge >= 0.3 is 0 Å². The average Bonchev–Trinajstić information content (AvgIpc) is 3.07. The van der Waals surface area contributed by atoms with E-state index in [1.54, 1.807) is 11.3 Å². The van der Waals surface area contributed by atoms with Gasteiger partial charge in [-0.2, -0.15) is 0 Å². The normalized spacial score (nSPS) is 20.3. The monoisotopic (exact) mass is 484 g/mol. The van der Waals surface area contributed by atoms with Crippen molar-refractivity contribution >= 4 is 41.3 Å². The first kappa shape index (κ1) is 21.2. The predicted molar refractivity (Wildman–Crippen MR) is 122 cm³/mol. The molecular formula is C20H29IN4S. The molecule has 0 spiro atoms. The minimum atomic E-state index is 0. The molecule has 0 aliphatic heterocycles. The minimum Gasteiger partial charge on any atom is -0.357 e. The summed E-state index contributed by atoms with van der Waals surface area (Å²) >= 11 is 1.72. The lowest BCUT2D eigenvalue weighted by Gasteiger charge is -2.30. The van der Waals surface area contributed by atoms with Crippen LogP contribution in [0, 0.1) is 6.92 Å². The summed E-state index contributed by atoms with van der Waals surface area (Å²) in [5.41, 5.74) is 1.49. The highest BCUT2D eigenvalue weighted by atomic mass is 127. The third kappa shape index (κ3) is 6.23. The summed E-state index contributed by atoms with van der Waals surface area (Å²) in [6.07, 6.45) is 6.79.